The van der Waals surface area contributed by atoms with E-state index in [2.05, 4.69) is 20.4 Å². The van der Waals surface area contributed by atoms with Gasteiger partial charge in [-0.3, -0.25) is 10.1 Å². The van der Waals surface area contributed by atoms with Crippen molar-refractivity contribution in [1.29, 1.82) is 0 Å². The van der Waals surface area contributed by atoms with E-state index in [1.165, 1.54) is 0 Å². The van der Waals surface area contributed by atoms with Crippen LogP contribution in [0.1, 0.15) is 16.1 Å². The van der Waals surface area contributed by atoms with E-state index in [0.29, 0.717) is 28.1 Å². The normalized spacial score (nSPS) is 10.4. The third-order valence-electron chi connectivity index (χ3n) is 3.31. The Morgan fingerprint density at radius 2 is 2.00 bits per heavy atom. The van der Waals surface area contributed by atoms with Gasteiger partial charge in [-0.15, -0.1) is 0 Å². The lowest BCUT2D eigenvalue weighted by Crippen LogP contribution is -2.11. The first-order chi connectivity index (χ1) is 11.6. The van der Waals surface area contributed by atoms with Crippen molar-refractivity contribution in [2.45, 2.75) is 6.92 Å². The van der Waals surface area contributed by atoms with E-state index >= 15 is 0 Å². The van der Waals surface area contributed by atoms with Crippen LogP contribution in [0.3, 0.4) is 0 Å². The second-order valence-corrected chi connectivity index (χ2v) is 5.03. The number of carbonyl (C=O) groups is 1. The Morgan fingerprint density at radius 1 is 1.25 bits per heavy atom. The highest BCUT2D eigenvalue weighted by Crippen LogP contribution is 2.30. The van der Waals surface area contributed by atoms with E-state index in [9.17, 15) is 4.79 Å². The number of hydrogen-bond acceptors (Lipinski definition) is 7. The van der Waals surface area contributed by atoms with Crippen molar-refractivity contribution in [3.8, 4) is 16.9 Å². The minimum atomic E-state index is -0.327. The molecule has 8 nitrogen and oxygen atoms in total. The van der Waals surface area contributed by atoms with Gasteiger partial charge in [0.1, 0.15) is 5.75 Å². The van der Waals surface area contributed by atoms with Gasteiger partial charge in [0.25, 0.3) is 5.91 Å². The Bertz CT molecular complexity index is 874. The highest BCUT2D eigenvalue weighted by Gasteiger charge is 2.14. The molecule has 0 atom stereocenters. The first-order valence-corrected chi connectivity index (χ1v) is 7.07. The maximum Gasteiger partial charge on any atom is 0.258 e. The van der Waals surface area contributed by atoms with Crippen molar-refractivity contribution in [2.75, 3.05) is 18.2 Å². The van der Waals surface area contributed by atoms with E-state index < -0.39 is 0 Å². The quantitative estimate of drug-likeness (QED) is 0.755. The molecule has 0 fully saturated rings. The molecule has 0 unspecified atom stereocenters. The molecule has 122 valence electrons. The average Bonchev–Trinajstić information content (AvgIpc) is 3.00. The Balaban J connectivity index is 1.93. The zero-order valence-electron chi connectivity index (χ0n) is 13.1. The number of nitrogens with one attached hydrogen (secondary N) is 1. The number of anilines is 2. The number of ether oxygens (including phenoxy) is 1. The van der Waals surface area contributed by atoms with E-state index in [4.69, 9.17) is 15.0 Å². The number of amides is 1. The Morgan fingerprint density at radius 3 is 2.62 bits per heavy atom. The zero-order chi connectivity index (χ0) is 17.1. The zero-order valence-corrected chi connectivity index (χ0v) is 13.1. The summed E-state index contributed by atoms with van der Waals surface area (Å²) < 4.78 is 10.3. The van der Waals surface area contributed by atoms with Gasteiger partial charge in [0.05, 0.1) is 12.8 Å². The third-order valence-corrected chi connectivity index (χ3v) is 3.31. The maximum atomic E-state index is 12.4. The number of hydrogen-bond donors (Lipinski definition) is 2. The Kier molecular flexibility index (Phi) is 4.11. The van der Waals surface area contributed by atoms with Crippen LogP contribution in [0.4, 0.5) is 11.8 Å². The molecule has 0 saturated carbocycles. The Labute approximate surface area is 137 Å². The van der Waals surface area contributed by atoms with Crippen molar-refractivity contribution in [1.82, 2.24) is 15.1 Å². The van der Waals surface area contributed by atoms with Crippen LogP contribution in [0.5, 0.6) is 5.75 Å². The van der Waals surface area contributed by atoms with Crippen LogP contribution < -0.4 is 15.8 Å². The minimum Gasteiger partial charge on any atom is -0.496 e. The van der Waals surface area contributed by atoms with Gasteiger partial charge < -0.3 is 15.0 Å². The molecule has 2 aromatic heterocycles. The molecule has 0 bridgehead atoms. The molecule has 3 aromatic rings. The molecule has 24 heavy (non-hydrogen) atoms. The third kappa shape index (κ3) is 3.17. The van der Waals surface area contributed by atoms with Crippen LogP contribution in [0.2, 0.25) is 0 Å². The number of nitrogens with two attached hydrogens (primary N) is 1. The number of benzene rings is 1. The van der Waals surface area contributed by atoms with Crippen LogP contribution >= 0.6 is 0 Å². The molecular weight excluding hydrogens is 310 g/mol. The highest BCUT2D eigenvalue weighted by molar-refractivity contribution is 6.04. The van der Waals surface area contributed by atoms with Crippen LogP contribution in [0.25, 0.3) is 11.1 Å². The fraction of sp³-hybridized carbons (Fsp3) is 0.125. The highest BCUT2D eigenvalue weighted by atomic mass is 16.5. The van der Waals surface area contributed by atoms with Gasteiger partial charge in [0.2, 0.25) is 11.8 Å². The summed E-state index contributed by atoms with van der Waals surface area (Å²) >= 11 is 0. The number of nitrogens with zero attached hydrogens (tertiary/aromatic N) is 3. The van der Waals surface area contributed by atoms with Crippen molar-refractivity contribution in [3.63, 3.8) is 0 Å². The predicted octanol–water partition coefficient (Wildman–Crippen LogP) is 2.28. The molecule has 3 rings (SSSR count). The summed E-state index contributed by atoms with van der Waals surface area (Å²) in [6, 6.07) is 6.67. The van der Waals surface area contributed by atoms with Gasteiger partial charge in [-0.25, -0.2) is 9.97 Å². The number of methoxy groups -OCH3 is 1. The molecule has 0 saturated heterocycles. The summed E-state index contributed by atoms with van der Waals surface area (Å²) in [6.07, 6.45) is 3.14. The van der Waals surface area contributed by atoms with Gasteiger partial charge in [0, 0.05) is 35.2 Å². The van der Waals surface area contributed by atoms with Gasteiger partial charge in [-0.1, -0.05) is 5.16 Å². The number of aromatic nitrogens is 3. The molecule has 0 aliphatic rings. The van der Waals surface area contributed by atoms with Gasteiger partial charge in [-0.05, 0) is 25.1 Å². The summed E-state index contributed by atoms with van der Waals surface area (Å²) in [5.74, 6) is 0.722. The molecule has 8 heteroatoms. The topological polar surface area (TPSA) is 116 Å². The minimum absolute atomic E-state index is 0.173. The lowest BCUT2D eigenvalue weighted by Gasteiger charge is -2.10. The van der Waals surface area contributed by atoms with Crippen LogP contribution in [-0.2, 0) is 0 Å². The monoisotopic (exact) mass is 325 g/mol. The number of rotatable bonds is 4. The number of aryl methyl sites for hydroxylation is 1. The second kappa shape index (κ2) is 6.37. The van der Waals surface area contributed by atoms with Crippen molar-refractivity contribution >= 4 is 17.7 Å². The first-order valence-electron chi connectivity index (χ1n) is 7.07. The number of carbonyl (C=O) groups excluding carboxylic acids is 1. The summed E-state index contributed by atoms with van der Waals surface area (Å²) in [5.41, 5.74) is 7.98. The van der Waals surface area contributed by atoms with Crippen LogP contribution in [0.15, 0.2) is 41.2 Å². The molecule has 1 aromatic carbocycles. The molecule has 0 aliphatic carbocycles. The fourth-order valence-electron chi connectivity index (χ4n) is 2.16. The summed E-state index contributed by atoms with van der Waals surface area (Å²) in [6.45, 7) is 1.77. The number of nitrogen functional groups attached to an aromatic ring is 1. The molecule has 0 aliphatic heterocycles. The van der Waals surface area contributed by atoms with Gasteiger partial charge in [0.15, 0.2) is 0 Å². The fourth-order valence-corrected chi connectivity index (χ4v) is 2.16. The van der Waals surface area contributed by atoms with Crippen LogP contribution in [0, 0.1) is 6.92 Å². The summed E-state index contributed by atoms with van der Waals surface area (Å²) in [7, 11) is 1.55. The van der Waals surface area contributed by atoms with Gasteiger partial charge in [-0.2, -0.15) is 0 Å². The van der Waals surface area contributed by atoms with E-state index in [1.807, 2.05) is 0 Å². The standard InChI is InChI=1S/C16H15N5O3/c1-9-5-14(24-21-9)20-15(22)10-3-4-13(23-2)12(6-10)11-7-18-16(17)19-8-11/h3-8H,1-2H3,(H,20,22)(H2,17,18,19). The van der Waals surface area contributed by atoms with Crippen molar-refractivity contribution < 1.29 is 14.1 Å². The van der Waals surface area contributed by atoms with Crippen molar-refractivity contribution in [2.24, 2.45) is 0 Å². The maximum absolute atomic E-state index is 12.4. The van der Waals surface area contributed by atoms with E-state index in [1.54, 1.807) is 50.7 Å². The summed E-state index contributed by atoms with van der Waals surface area (Å²) in [4.78, 5) is 20.3. The largest absolute Gasteiger partial charge is 0.496 e. The lowest BCUT2D eigenvalue weighted by molar-refractivity contribution is 0.102. The molecule has 1 amide bonds. The SMILES string of the molecule is COc1ccc(C(=O)Nc2cc(C)no2)cc1-c1cnc(N)nc1. The molecule has 0 radical (unpaired) electrons. The molecule has 0 spiro atoms. The molecular formula is C16H15N5O3. The second-order valence-electron chi connectivity index (χ2n) is 5.03. The van der Waals surface area contributed by atoms with Gasteiger partial charge >= 0.3 is 0 Å². The molecule has 2 heterocycles. The van der Waals surface area contributed by atoms with E-state index in [-0.39, 0.29) is 17.7 Å². The summed E-state index contributed by atoms with van der Waals surface area (Å²) in [5, 5.41) is 6.37. The Hall–Kier alpha value is -3.42. The van der Waals surface area contributed by atoms with E-state index in [0.717, 1.165) is 0 Å². The first kappa shape index (κ1) is 15.5. The van der Waals surface area contributed by atoms with Crippen LogP contribution in [-0.4, -0.2) is 28.1 Å². The van der Waals surface area contributed by atoms with Crippen molar-refractivity contribution in [3.05, 3.63) is 47.9 Å². The molecule has 3 N–H and O–H groups in total. The average molecular weight is 325 g/mol. The lowest BCUT2D eigenvalue weighted by atomic mass is 10.0. The smallest absolute Gasteiger partial charge is 0.258 e. The predicted molar refractivity (Wildman–Crippen MR) is 87.6 cm³/mol.